The van der Waals surface area contributed by atoms with E-state index in [0.29, 0.717) is 34.9 Å². The second-order valence-electron chi connectivity index (χ2n) is 7.38. The number of hydrogen-bond acceptors (Lipinski definition) is 6. The summed E-state index contributed by atoms with van der Waals surface area (Å²) in [6, 6.07) is 15.8. The Hall–Kier alpha value is -4.24. The van der Waals surface area contributed by atoms with Gasteiger partial charge in [0.15, 0.2) is 5.71 Å². The van der Waals surface area contributed by atoms with Gasteiger partial charge in [-0.1, -0.05) is 30.8 Å². The van der Waals surface area contributed by atoms with Crippen molar-refractivity contribution >= 4 is 34.7 Å². The van der Waals surface area contributed by atoms with Crippen LogP contribution in [0.2, 0.25) is 0 Å². The van der Waals surface area contributed by atoms with Gasteiger partial charge in [-0.15, -0.1) is 0 Å². The number of para-hydroxylation sites is 1. The van der Waals surface area contributed by atoms with Crippen molar-refractivity contribution in [1.29, 1.82) is 0 Å². The Morgan fingerprint density at radius 1 is 1.15 bits per heavy atom. The molecule has 0 saturated heterocycles. The van der Waals surface area contributed by atoms with E-state index in [2.05, 4.69) is 27.4 Å². The van der Waals surface area contributed by atoms with Crippen LogP contribution in [0.15, 0.2) is 78.0 Å². The first kappa shape index (κ1) is 23.4. The second kappa shape index (κ2) is 10.4. The molecule has 0 radical (unpaired) electrons. The second-order valence-corrected chi connectivity index (χ2v) is 7.38. The van der Waals surface area contributed by atoms with Gasteiger partial charge in [-0.2, -0.15) is 15.3 Å². The van der Waals surface area contributed by atoms with Crippen LogP contribution < -0.4 is 21.6 Å². The summed E-state index contributed by atoms with van der Waals surface area (Å²) in [4.78, 5) is 25.7. The minimum absolute atomic E-state index is 0.0717. The number of hydrazine groups is 1. The topological polar surface area (TPSA) is 118 Å². The molecule has 0 saturated carbocycles. The number of anilines is 3. The lowest BCUT2D eigenvalue weighted by atomic mass is 10.1. The summed E-state index contributed by atoms with van der Waals surface area (Å²) < 4.78 is 1.68. The summed E-state index contributed by atoms with van der Waals surface area (Å²) in [5.41, 5.74) is 2.78. The number of nitrogens with two attached hydrogens (primary N) is 1. The predicted molar refractivity (Wildman–Crippen MR) is 131 cm³/mol. The molecule has 1 aromatic heterocycles. The van der Waals surface area contributed by atoms with Gasteiger partial charge in [-0.05, 0) is 56.2 Å². The van der Waals surface area contributed by atoms with Gasteiger partial charge >= 0.3 is 0 Å². The number of nitrogens with one attached hydrogen (secondary N) is 2. The molecule has 3 aromatic rings. The van der Waals surface area contributed by atoms with Gasteiger partial charge in [0.25, 0.3) is 11.8 Å². The summed E-state index contributed by atoms with van der Waals surface area (Å²) in [5.74, 6) is 5.80. The third kappa shape index (κ3) is 5.72. The first-order valence-corrected chi connectivity index (χ1v) is 10.4. The van der Waals surface area contributed by atoms with E-state index in [1.54, 1.807) is 54.2 Å². The van der Waals surface area contributed by atoms with Crippen molar-refractivity contribution in [3.8, 4) is 0 Å². The Bertz CT molecular complexity index is 1200. The Labute approximate surface area is 192 Å². The molecule has 0 atom stereocenters. The van der Waals surface area contributed by atoms with Crippen LogP contribution in [0, 0.1) is 6.92 Å². The molecule has 2 amide bonds. The minimum atomic E-state index is -0.487. The van der Waals surface area contributed by atoms with E-state index < -0.39 is 5.91 Å². The molecule has 2 aromatic carbocycles. The van der Waals surface area contributed by atoms with E-state index in [1.165, 1.54) is 0 Å². The van der Waals surface area contributed by atoms with Crippen molar-refractivity contribution in [3.63, 3.8) is 0 Å². The number of amides is 2. The number of nitrogens with zero attached hydrogens (tertiary/aromatic N) is 4. The predicted octanol–water partition coefficient (Wildman–Crippen LogP) is 3.71. The van der Waals surface area contributed by atoms with Gasteiger partial charge in [0.1, 0.15) is 5.82 Å². The average molecular weight is 446 g/mol. The fourth-order valence-corrected chi connectivity index (χ4v) is 3.03. The molecule has 0 fully saturated rings. The van der Waals surface area contributed by atoms with Crippen LogP contribution >= 0.6 is 0 Å². The van der Waals surface area contributed by atoms with Gasteiger partial charge in [0.2, 0.25) is 0 Å². The highest BCUT2D eigenvalue weighted by Crippen LogP contribution is 2.19. The highest BCUT2D eigenvalue weighted by atomic mass is 16.2. The van der Waals surface area contributed by atoms with Crippen molar-refractivity contribution in [3.05, 3.63) is 84.1 Å². The normalized spacial score (nSPS) is 11.1. The monoisotopic (exact) mass is 445 g/mol. The molecule has 0 bridgehead atoms. The van der Waals surface area contributed by atoms with Gasteiger partial charge in [0, 0.05) is 23.9 Å². The number of hydrazone groups is 1. The van der Waals surface area contributed by atoms with E-state index >= 15 is 0 Å². The van der Waals surface area contributed by atoms with E-state index in [0.717, 1.165) is 10.7 Å². The van der Waals surface area contributed by atoms with E-state index in [4.69, 9.17) is 5.84 Å². The number of carbonyl (C=O) groups excluding carboxylic acids is 2. The molecule has 0 spiro atoms. The van der Waals surface area contributed by atoms with Crippen molar-refractivity contribution in [1.82, 2.24) is 9.78 Å². The summed E-state index contributed by atoms with van der Waals surface area (Å²) in [6.45, 7) is 9.91. The fraction of sp³-hybridized carbons (Fsp3) is 0.167. The van der Waals surface area contributed by atoms with Crippen molar-refractivity contribution < 1.29 is 9.59 Å². The smallest absolute Gasteiger partial charge is 0.276 e. The molecule has 4 N–H and O–H groups in total. The van der Waals surface area contributed by atoms with Crippen LogP contribution in [0.25, 0.3) is 0 Å². The molecule has 9 nitrogen and oxygen atoms in total. The largest absolute Gasteiger partial charge is 0.320 e. The van der Waals surface area contributed by atoms with Gasteiger partial charge < -0.3 is 10.6 Å². The number of carbonyl (C=O) groups is 2. The molecule has 9 heteroatoms. The lowest BCUT2D eigenvalue weighted by Gasteiger charge is -2.16. The number of hydrogen-bond donors (Lipinski definition) is 3. The molecular weight excluding hydrogens is 418 g/mol. The van der Waals surface area contributed by atoms with E-state index in [9.17, 15) is 9.59 Å². The Kier molecular flexibility index (Phi) is 7.37. The van der Waals surface area contributed by atoms with Crippen LogP contribution in [0.3, 0.4) is 0 Å². The summed E-state index contributed by atoms with van der Waals surface area (Å²) in [6.07, 6.45) is 1.62. The maximum Gasteiger partial charge on any atom is 0.276 e. The van der Waals surface area contributed by atoms with Crippen LogP contribution in [-0.2, 0) is 11.3 Å². The quantitative estimate of drug-likeness (QED) is 0.278. The van der Waals surface area contributed by atoms with Gasteiger partial charge in [0.05, 0.1) is 11.9 Å². The van der Waals surface area contributed by atoms with Crippen molar-refractivity contribution in [2.75, 3.05) is 15.8 Å². The molecule has 33 heavy (non-hydrogen) atoms. The molecule has 3 rings (SSSR count). The third-order valence-electron chi connectivity index (χ3n) is 4.85. The lowest BCUT2D eigenvalue weighted by molar-refractivity contribution is -0.110. The molecule has 1 heterocycles. The third-order valence-corrected chi connectivity index (χ3v) is 4.85. The zero-order valence-corrected chi connectivity index (χ0v) is 18.9. The highest BCUT2D eigenvalue weighted by Gasteiger charge is 2.17. The van der Waals surface area contributed by atoms with E-state index in [-0.39, 0.29) is 11.6 Å². The summed E-state index contributed by atoms with van der Waals surface area (Å²) in [5, 5.41) is 15.1. The highest BCUT2D eigenvalue weighted by molar-refractivity contribution is 6.48. The van der Waals surface area contributed by atoms with Crippen LogP contribution in [-0.4, -0.2) is 27.3 Å². The molecule has 170 valence electrons. The Morgan fingerprint density at radius 3 is 2.55 bits per heavy atom. The molecule has 0 aliphatic carbocycles. The van der Waals surface area contributed by atoms with Crippen LogP contribution in [0.1, 0.15) is 29.8 Å². The van der Waals surface area contributed by atoms with Gasteiger partial charge in [-0.3, -0.25) is 9.59 Å². The maximum atomic E-state index is 13.0. The first-order chi connectivity index (χ1) is 15.8. The summed E-state index contributed by atoms with van der Waals surface area (Å²) in [7, 11) is 0. The molecule has 0 aliphatic rings. The van der Waals surface area contributed by atoms with Crippen LogP contribution in [0.5, 0.6) is 0 Å². The SMILES string of the molecule is C=C(C)/C(=N\N(N)c1ccccc1)C(=O)Nc1cc(C(=O)Nc2ccnn2CC)ccc1C. The Balaban J connectivity index is 1.81. The molecule has 0 aliphatic heterocycles. The van der Waals surface area contributed by atoms with Gasteiger partial charge in [-0.25, -0.2) is 10.5 Å². The van der Waals surface area contributed by atoms with Crippen LogP contribution in [0.4, 0.5) is 17.2 Å². The lowest BCUT2D eigenvalue weighted by Crippen LogP contribution is -2.32. The maximum absolute atomic E-state index is 13.0. The standard InChI is InChI=1S/C24H27N7O2/c1-5-30-21(13-14-26-30)28-23(32)18-12-11-17(4)20(15-18)27-24(33)22(16(2)3)29-31(25)19-9-7-6-8-10-19/h6-15H,2,5,25H2,1,3-4H3,(H,27,33)(H,28,32)/b29-22+. The van der Waals surface area contributed by atoms with Crippen molar-refractivity contribution in [2.45, 2.75) is 27.3 Å². The molecule has 0 unspecified atom stereocenters. The summed E-state index contributed by atoms with van der Waals surface area (Å²) >= 11 is 0. The number of aryl methyl sites for hydroxylation is 2. The number of benzene rings is 2. The van der Waals surface area contributed by atoms with Crippen molar-refractivity contribution in [2.24, 2.45) is 10.9 Å². The van der Waals surface area contributed by atoms with E-state index in [1.807, 2.05) is 32.0 Å². The zero-order valence-electron chi connectivity index (χ0n) is 18.9. The average Bonchev–Trinajstić information content (AvgIpc) is 3.25. The number of aromatic nitrogens is 2. The number of rotatable bonds is 8. The fourth-order valence-electron chi connectivity index (χ4n) is 3.03. The zero-order chi connectivity index (χ0) is 24.0. The first-order valence-electron chi connectivity index (χ1n) is 10.4. The minimum Gasteiger partial charge on any atom is -0.320 e. The Morgan fingerprint density at radius 2 is 1.88 bits per heavy atom. The molecular formula is C24H27N7O2.